The molecule has 2 N–H and O–H groups in total. The Morgan fingerprint density at radius 1 is 1.16 bits per heavy atom. The minimum Gasteiger partial charge on any atom is -0.394 e. The van der Waals surface area contributed by atoms with Crippen molar-refractivity contribution in [3.8, 4) is 0 Å². The highest BCUT2D eigenvalue weighted by atomic mass is 35.5. The summed E-state index contributed by atoms with van der Waals surface area (Å²) in [4.78, 5) is 0. The molecule has 1 aromatic heterocycles. The van der Waals surface area contributed by atoms with Crippen LogP contribution in [0.3, 0.4) is 0 Å². The summed E-state index contributed by atoms with van der Waals surface area (Å²) >= 11 is 5.92. The van der Waals surface area contributed by atoms with E-state index >= 15 is 0 Å². The molecule has 4 nitrogen and oxygen atoms in total. The SMILES string of the molecule is Cc1c(Cl)nnc(NC(CO)c2ccccc2)c1C. The molecule has 2 aromatic rings. The van der Waals surface area contributed by atoms with Crippen LogP contribution in [0.5, 0.6) is 0 Å². The van der Waals surface area contributed by atoms with Crippen LogP contribution >= 0.6 is 11.6 Å². The maximum Gasteiger partial charge on any atom is 0.155 e. The zero-order valence-corrected chi connectivity index (χ0v) is 11.6. The van der Waals surface area contributed by atoms with Crippen molar-refractivity contribution in [3.63, 3.8) is 0 Å². The predicted octanol–water partition coefficient (Wildman–Crippen LogP) is 2.89. The summed E-state index contributed by atoms with van der Waals surface area (Å²) in [6.45, 7) is 3.80. The summed E-state index contributed by atoms with van der Waals surface area (Å²) in [6, 6.07) is 9.51. The number of aromatic nitrogens is 2. The molecule has 0 saturated heterocycles. The Bertz CT molecular complexity index is 560. The second kappa shape index (κ2) is 5.99. The number of hydrogen-bond donors (Lipinski definition) is 2. The quantitative estimate of drug-likeness (QED) is 0.902. The van der Waals surface area contributed by atoms with Crippen LogP contribution in [0.4, 0.5) is 5.82 Å². The number of benzene rings is 1. The summed E-state index contributed by atoms with van der Waals surface area (Å²) in [5.41, 5.74) is 2.83. The van der Waals surface area contributed by atoms with Crippen molar-refractivity contribution < 1.29 is 5.11 Å². The smallest absolute Gasteiger partial charge is 0.155 e. The van der Waals surface area contributed by atoms with Crippen molar-refractivity contribution in [1.82, 2.24) is 10.2 Å². The van der Waals surface area contributed by atoms with Crippen LogP contribution in [0.2, 0.25) is 5.15 Å². The zero-order valence-electron chi connectivity index (χ0n) is 10.9. The first-order valence-corrected chi connectivity index (χ1v) is 6.43. The largest absolute Gasteiger partial charge is 0.394 e. The van der Waals surface area contributed by atoms with Crippen LogP contribution in [0, 0.1) is 13.8 Å². The summed E-state index contributed by atoms with van der Waals surface area (Å²) in [6.07, 6.45) is 0. The van der Waals surface area contributed by atoms with E-state index in [0.717, 1.165) is 16.7 Å². The number of nitrogens with one attached hydrogen (secondary N) is 1. The molecule has 0 spiro atoms. The Balaban J connectivity index is 2.27. The molecule has 0 aliphatic heterocycles. The molecular formula is C14H16ClN3O. The first-order chi connectivity index (χ1) is 9.13. The highest BCUT2D eigenvalue weighted by molar-refractivity contribution is 6.30. The van der Waals surface area contributed by atoms with E-state index in [1.807, 2.05) is 44.2 Å². The van der Waals surface area contributed by atoms with Crippen LogP contribution in [-0.4, -0.2) is 21.9 Å². The van der Waals surface area contributed by atoms with E-state index in [9.17, 15) is 5.11 Å². The van der Waals surface area contributed by atoms with E-state index < -0.39 is 0 Å². The van der Waals surface area contributed by atoms with Crippen LogP contribution in [-0.2, 0) is 0 Å². The molecular weight excluding hydrogens is 262 g/mol. The Hall–Kier alpha value is -1.65. The second-order valence-corrected chi connectivity index (χ2v) is 4.74. The van der Waals surface area contributed by atoms with Gasteiger partial charge in [-0.15, -0.1) is 10.2 Å². The molecule has 0 radical (unpaired) electrons. The predicted molar refractivity (Wildman–Crippen MR) is 76.4 cm³/mol. The third-order valence-corrected chi connectivity index (χ3v) is 3.52. The van der Waals surface area contributed by atoms with Crippen molar-refractivity contribution in [1.29, 1.82) is 0 Å². The van der Waals surface area contributed by atoms with Gasteiger partial charge in [0.1, 0.15) is 0 Å². The first-order valence-electron chi connectivity index (χ1n) is 6.05. The Labute approximate surface area is 117 Å². The maximum absolute atomic E-state index is 9.52. The molecule has 0 fully saturated rings. The van der Waals surface area contributed by atoms with E-state index in [1.54, 1.807) is 0 Å². The van der Waals surface area contributed by atoms with Crippen LogP contribution in [0.1, 0.15) is 22.7 Å². The number of rotatable bonds is 4. The van der Waals surface area contributed by atoms with Gasteiger partial charge >= 0.3 is 0 Å². The summed E-state index contributed by atoms with van der Waals surface area (Å²) in [7, 11) is 0. The minimum atomic E-state index is -0.213. The molecule has 0 bridgehead atoms. The fourth-order valence-corrected chi connectivity index (χ4v) is 1.98. The second-order valence-electron chi connectivity index (χ2n) is 4.38. The van der Waals surface area contributed by atoms with E-state index in [1.165, 1.54) is 0 Å². The summed E-state index contributed by atoms with van der Waals surface area (Å²) < 4.78 is 0. The molecule has 1 aromatic carbocycles. The number of aliphatic hydroxyl groups excluding tert-OH is 1. The Morgan fingerprint density at radius 2 is 1.84 bits per heavy atom. The molecule has 0 aliphatic carbocycles. The van der Waals surface area contributed by atoms with Crippen LogP contribution in [0.15, 0.2) is 30.3 Å². The third-order valence-electron chi connectivity index (χ3n) is 3.16. The first kappa shape index (κ1) is 13.8. The molecule has 0 aliphatic rings. The van der Waals surface area contributed by atoms with Gasteiger partial charge in [0.15, 0.2) is 11.0 Å². The normalized spacial score (nSPS) is 12.2. The minimum absolute atomic E-state index is 0.0210. The standard InChI is InChI=1S/C14H16ClN3O/c1-9-10(2)14(18-17-13(9)15)16-12(8-19)11-6-4-3-5-7-11/h3-7,12,19H,8H2,1-2H3,(H,16,18). The molecule has 19 heavy (non-hydrogen) atoms. The van der Waals surface area contributed by atoms with Gasteiger partial charge in [0.2, 0.25) is 0 Å². The van der Waals surface area contributed by atoms with Gasteiger partial charge in [0, 0.05) is 0 Å². The van der Waals surface area contributed by atoms with Gasteiger partial charge in [0.25, 0.3) is 0 Å². The zero-order chi connectivity index (χ0) is 13.8. The van der Waals surface area contributed by atoms with Gasteiger partial charge in [0.05, 0.1) is 12.6 Å². The van der Waals surface area contributed by atoms with Crippen molar-refractivity contribution in [2.24, 2.45) is 0 Å². The number of hydrogen-bond acceptors (Lipinski definition) is 4. The van der Waals surface area contributed by atoms with Gasteiger partial charge in [-0.25, -0.2) is 0 Å². The molecule has 0 saturated carbocycles. The molecule has 5 heteroatoms. The lowest BCUT2D eigenvalue weighted by Gasteiger charge is -2.19. The average Bonchev–Trinajstić information content (AvgIpc) is 2.45. The van der Waals surface area contributed by atoms with E-state index in [-0.39, 0.29) is 12.6 Å². The summed E-state index contributed by atoms with van der Waals surface area (Å²) in [5.74, 6) is 0.643. The highest BCUT2D eigenvalue weighted by Crippen LogP contribution is 2.24. The van der Waals surface area contributed by atoms with E-state index in [0.29, 0.717) is 11.0 Å². The lowest BCUT2D eigenvalue weighted by atomic mass is 10.1. The third kappa shape index (κ3) is 3.03. The number of nitrogens with zero attached hydrogens (tertiary/aromatic N) is 2. The lowest BCUT2D eigenvalue weighted by molar-refractivity contribution is 0.276. The van der Waals surface area contributed by atoms with E-state index in [2.05, 4.69) is 15.5 Å². The van der Waals surface area contributed by atoms with Crippen molar-refractivity contribution in [2.75, 3.05) is 11.9 Å². The monoisotopic (exact) mass is 277 g/mol. The van der Waals surface area contributed by atoms with E-state index in [4.69, 9.17) is 11.6 Å². The molecule has 1 unspecified atom stereocenters. The Morgan fingerprint density at radius 3 is 2.47 bits per heavy atom. The lowest BCUT2D eigenvalue weighted by Crippen LogP contribution is -2.17. The maximum atomic E-state index is 9.52. The van der Waals surface area contributed by atoms with Gasteiger partial charge in [-0.1, -0.05) is 41.9 Å². The topological polar surface area (TPSA) is 58.0 Å². The van der Waals surface area contributed by atoms with Gasteiger partial charge in [-0.05, 0) is 30.5 Å². The van der Waals surface area contributed by atoms with Crippen molar-refractivity contribution in [3.05, 3.63) is 52.2 Å². The highest BCUT2D eigenvalue weighted by Gasteiger charge is 2.14. The summed E-state index contributed by atoms with van der Waals surface area (Å²) in [5, 5.41) is 21.1. The number of aliphatic hydroxyl groups is 1. The van der Waals surface area contributed by atoms with Gasteiger partial charge in [-0.3, -0.25) is 0 Å². The van der Waals surface area contributed by atoms with Gasteiger partial charge in [-0.2, -0.15) is 0 Å². The molecule has 2 rings (SSSR count). The number of anilines is 1. The molecule has 1 heterocycles. The van der Waals surface area contributed by atoms with Crippen molar-refractivity contribution >= 4 is 17.4 Å². The van der Waals surface area contributed by atoms with Crippen LogP contribution < -0.4 is 5.32 Å². The van der Waals surface area contributed by atoms with Crippen LogP contribution in [0.25, 0.3) is 0 Å². The molecule has 1 atom stereocenters. The van der Waals surface area contributed by atoms with Crippen molar-refractivity contribution in [2.45, 2.75) is 19.9 Å². The van der Waals surface area contributed by atoms with Gasteiger partial charge < -0.3 is 10.4 Å². The number of halogens is 1. The fourth-order valence-electron chi connectivity index (χ4n) is 1.80. The Kier molecular flexibility index (Phi) is 4.35. The molecule has 100 valence electrons. The average molecular weight is 278 g/mol. The fraction of sp³-hybridized carbons (Fsp3) is 0.286. The molecule has 0 amide bonds.